The van der Waals surface area contributed by atoms with Gasteiger partial charge in [-0.15, -0.1) is 11.3 Å². The number of thiazole rings is 1. The molecular weight excluding hydrogens is 366 g/mol. The molecule has 2 amide bonds. The van der Waals surface area contributed by atoms with Crippen molar-refractivity contribution in [3.05, 3.63) is 53.3 Å². The van der Waals surface area contributed by atoms with Gasteiger partial charge in [-0.2, -0.15) is 0 Å². The molecule has 0 radical (unpaired) electrons. The van der Waals surface area contributed by atoms with E-state index in [1.54, 1.807) is 36.0 Å². The summed E-state index contributed by atoms with van der Waals surface area (Å²) < 4.78 is 4.79. The van der Waals surface area contributed by atoms with E-state index in [2.05, 4.69) is 25.6 Å². The van der Waals surface area contributed by atoms with Gasteiger partial charge in [0.05, 0.1) is 0 Å². The van der Waals surface area contributed by atoms with E-state index in [9.17, 15) is 9.59 Å². The lowest BCUT2D eigenvalue weighted by molar-refractivity contribution is -0.119. The van der Waals surface area contributed by atoms with Crippen molar-refractivity contribution in [3.8, 4) is 10.8 Å². The van der Waals surface area contributed by atoms with Crippen molar-refractivity contribution in [2.45, 2.75) is 6.92 Å². The Kier molecular flexibility index (Phi) is 5.84. The molecule has 8 nitrogen and oxygen atoms in total. The molecule has 0 saturated heterocycles. The maximum atomic E-state index is 12.5. The maximum absolute atomic E-state index is 12.5. The van der Waals surface area contributed by atoms with Gasteiger partial charge in [-0.1, -0.05) is 6.07 Å². The molecule has 27 heavy (non-hydrogen) atoms. The molecular formula is C18H17N5O3S. The van der Waals surface area contributed by atoms with Gasteiger partial charge in [-0.3, -0.25) is 9.59 Å². The van der Waals surface area contributed by atoms with Gasteiger partial charge in [0, 0.05) is 36.3 Å². The van der Waals surface area contributed by atoms with Crippen LogP contribution in [0.2, 0.25) is 0 Å². The van der Waals surface area contributed by atoms with E-state index in [0.717, 1.165) is 5.56 Å². The molecule has 2 heterocycles. The normalized spacial score (nSPS) is 10.4. The van der Waals surface area contributed by atoms with E-state index < -0.39 is 0 Å². The number of aromatic nitrogens is 3. The Hall–Kier alpha value is -3.17. The number of hydrogen-bond acceptors (Lipinski definition) is 7. The summed E-state index contributed by atoms with van der Waals surface area (Å²) in [5.41, 5.74) is 2.28. The fourth-order valence-corrected chi connectivity index (χ4v) is 2.98. The van der Waals surface area contributed by atoms with Crippen molar-refractivity contribution in [2.75, 3.05) is 24.4 Å². The second-order valence-electron chi connectivity index (χ2n) is 5.58. The minimum absolute atomic E-state index is 0.0429. The van der Waals surface area contributed by atoms with Crippen LogP contribution in [-0.2, 0) is 9.53 Å². The van der Waals surface area contributed by atoms with Crippen LogP contribution in [0.25, 0.3) is 10.8 Å². The maximum Gasteiger partial charge on any atom is 0.275 e. The van der Waals surface area contributed by atoms with Crippen LogP contribution >= 0.6 is 11.3 Å². The Labute approximate surface area is 159 Å². The lowest BCUT2D eigenvalue weighted by Crippen LogP contribution is -2.18. The van der Waals surface area contributed by atoms with Crippen LogP contribution in [-0.4, -0.2) is 40.5 Å². The summed E-state index contributed by atoms with van der Waals surface area (Å²) in [4.78, 5) is 36.7. The van der Waals surface area contributed by atoms with Crippen molar-refractivity contribution < 1.29 is 14.3 Å². The lowest BCUT2D eigenvalue weighted by Gasteiger charge is -2.11. The van der Waals surface area contributed by atoms with Crippen LogP contribution in [0.3, 0.4) is 0 Å². The van der Waals surface area contributed by atoms with Crippen molar-refractivity contribution in [1.29, 1.82) is 0 Å². The molecule has 9 heteroatoms. The van der Waals surface area contributed by atoms with E-state index in [0.29, 0.717) is 22.2 Å². The Morgan fingerprint density at radius 2 is 1.96 bits per heavy atom. The summed E-state index contributed by atoms with van der Waals surface area (Å²) in [7, 11) is 1.45. The highest BCUT2D eigenvalue weighted by molar-refractivity contribution is 7.13. The number of ether oxygens (including phenoxy) is 1. The molecule has 0 saturated carbocycles. The molecule has 1 aromatic carbocycles. The Bertz CT molecular complexity index is 959. The van der Waals surface area contributed by atoms with Gasteiger partial charge in [0.15, 0.2) is 10.8 Å². The highest BCUT2D eigenvalue weighted by Gasteiger charge is 2.15. The van der Waals surface area contributed by atoms with E-state index in [1.807, 2.05) is 13.0 Å². The van der Waals surface area contributed by atoms with Crippen LogP contribution in [0.4, 0.5) is 11.4 Å². The summed E-state index contributed by atoms with van der Waals surface area (Å²) in [5.74, 6) is -0.150. The summed E-state index contributed by atoms with van der Waals surface area (Å²) >= 11 is 1.29. The third-order valence-electron chi connectivity index (χ3n) is 3.54. The second kappa shape index (κ2) is 8.47. The fraction of sp³-hybridized carbons (Fsp3) is 0.167. The van der Waals surface area contributed by atoms with Gasteiger partial charge in [0.1, 0.15) is 12.3 Å². The van der Waals surface area contributed by atoms with Gasteiger partial charge >= 0.3 is 0 Å². The molecule has 0 unspecified atom stereocenters. The third kappa shape index (κ3) is 4.72. The largest absolute Gasteiger partial charge is 0.375 e. The van der Waals surface area contributed by atoms with E-state index in [1.165, 1.54) is 18.4 Å². The van der Waals surface area contributed by atoms with Crippen LogP contribution in [0.5, 0.6) is 0 Å². The predicted octanol–water partition coefficient (Wildman–Crippen LogP) is 2.75. The number of rotatable bonds is 6. The Morgan fingerprint density at radius 1 is 1.19 bits per heavy atom. The first-order valence-electron chi connectivity index (χ1n) is 8.00. The number of nitrogens with one attached hydrogen (secondary N) is 2. The summed E-state index contributed by atoms with van der Waals surface area (Å²) in [6.45, 7) is 1.82. The molecule has 3 aromatic rings. The molecule has 3 rings (SSSR count). The molecule has 0 atom stereocenters. The monoisotopic (exact) mass is 383 g/mol. The van der Waals surface area contributed by atoms with Gasteiger partial charge in [0.2, 0.25) is 5.91 Å². The number of nitrogens with zero attached hydrogens (tertiary/aromatic N) is 3. The smallest absolute Gasteiger partial charge is 0.275 e. The average Bonchev–Trinajstić information content (AvgIpc) is 3.16. The average molecular weight is 383 g/mol. The molecule has 0 aliphatic heterocycles. The topological polar surface area (TPSA) is 106 Å². The van der Waals surface area contributed by atoms with Crippen LogP contribution in [0, 0.1) is 6.92 Å². The first-order valence-corrected chi connectivity index (χ1v) is 8.88. The standard InChI is InChI=1S/C18H17N5O3S/c1-11-4-5-12(21-15(24)9-26-2)8-13(11)22-17(25)14-10-27-18(23-14)16-19-6-3-7-20-16/h3-8,10H,9H2,1-2H3,(H,21,24)(H,22,25). The number of aryl methyl sites for hydroxylation is 1. The van der Waals surface area contributed by atoms with Gasteiger partial charge in [-0.25, -0.2) is 15.0 Å². The fourth-order valence-electron chi connectivity index (χ4n) is 2.24. The van der Waals surface area contributed by atoms with Crippen LogP contribution < -0.4 is 10.6 Å². The molecule has 2 aromatic heterocycles. The third-order valence-corrected chi connectivity index (χ3v) is 4.38. The summed E-state index contributed by atoms with van der Waals surface area (Å²) in [5, 5.41) is 7.74. The summed E-state index contributed by atoms with van der Waals surface area (Å²) in [6.07, 6.45) is 3.24. The van der Waals surface area contributed by atoms with Crippen molar-refractivity contribution in [2.24, 2.45) is 0 Å². The molecule has 0 fully saturated rings. The van der Waals surface area contributed by atoms with E-state index >= 15 is 0 Å². The molecule has 138 valence electrons. The van der Waals surface area contributed by atoms with Crippen molar-refractivity contribution in [3.63, 3.8) is 0 Å². The zero-order chi connectivity index (χ0) is 19.2. The highest BCUT2D eigenvalue weighted by Crippen LogP contribution is 2.23. The minimum Gasteiger partial charge on any atom is -0.375 e. The molecule has 0 bridgehead atoms. The first-order chi connectivity index (χ1) is 13.1. The lowest BCUT2D eigenvalue weighted by atomic mass is 10.1. The van der Waals surface area contributed by atoms with Gasteiger partial charge in [0.25, 0.3) is 5.91 Å². The molecule has 0 aliphatic carbocycles. The predicted molar refractivity (Wildman–Crippen MR) is 103 cm³/mol. The van der Waals surface area contributed by atoms with E-state index in [4.69, 9.17) is 4.74 Å². The number of carbonyl (C=O) groups excluding carboxylic acids is 2. The van der Waals surface area contributed by atoms with Crippen LogP contribution in [0.15, 0.2) is 42.0 Å². The second-order valence-corrected chi connectivity index (χ2v) is 6.43. The quantitative estimate of drug-likeness (QED) is 0.678. The number of methoxy groups -OCH3 is 1. The van der Waals surface area contributed by atoms with E-state index in [-0.39, 0.29) is 24.1 Å². The summed E-state index contributed by atoms with van der Waals surface area (Å²) in [6, 6.07) is 6.97. The SMILES string of the molecule is COCC(=O)Nc1ccc(C)c(NC(=O)c2csc(-c3ncccn3)n2)c1. The van der Waals surface area contributed by atoms with Crippen LogP contribution in [0.1, 0.15) is 16.1 Å². The van der Waals surface area contributed by atoms with Gasteiger partial charge in [-0.05, 0) is 30.7 Å². The van der Waals surface area contributed by atoms with Crippen molar-refractivity contribution in [1.82, 2.24) is 15.0 Å². The zero-order valence-electron chi connectivity index (χ0n) is 14.7. The number of amides is 2. The van der Waals surface area contributed by atoms with Crippen molar-refractivity contribution >= 4 is 34.5 Å². The molecule has 0 spiro atoms. The Balaban J connectivity index is 1.74. The number of benzene rings is 1. The Morgan fingerprint density at radius 3 is 2.70 bits per heavy atom. The minimum atomic E-state index is -0.350. The van der Waals surface area contributed by atoms with Gasteiger partial charge < -0.3 is 15.4 Å². The number of hydrogen-bond donors (Lipinski definition) is 2. The molecule has 0 aliphatic rings. The molecule has 2 N–H and O–H groups in total. The first kappa shape index (κ1) is 18.6. The highest BCUT2D eigenvalue weighted by atomic mass is 32.1. The number of anilines is 2. The number of carbonyl (C=O) groups is 2. The zero-order valence-corrected chi connectivity index (χ0v) is 15.5.